The molecule has 0 aliphatic carbocycles. The molecule has 1 aromatic heterocycles. The van der Waals surface area contributed by atoms with Crippen LogP contribution in [0.1, 0.15) is 31.6 Å². The Hall–Kier alpha value is -1.49. The average molecular weight is 225 g/mol. The maximum absolute atomic E-state index is 13.0. The van der Waals surface area contributed by atoms with Gasteiger partial charge in [-0.3, -0.25) is 0 Å². The Labute approximate surface area is 91.7 Å². The first-order valence-electron chi connectivity index (χ1n) is 5.22. The molecule has 1 unspecified atom stereocenters. The lowest BCUT2D eigenvalue weighted by molar-refractivity contribution is 0.510. The molecule has 1 atom stereocenters. The van der Waals surface area contributed by atoms with Gasteiger partial charge in [0.25, 0.3) is 0 Å². The molecule has 3 N–H and O–H groups in total. The van der Waals surface area contributed by atoms with Crippen molar-refractivity contribution < 1.29 is 8.78 Å². The summed E-state index contributed by atoms with van der Waals surface area (Å²) in [5.74, 6) is -1.21. The monoisotopic (exact) mass is 225 g/mol. The van der Waals surface area contributed by atoms with Crippen LogP contribution in [-0.4, -0.2) is 9.97 Å². The lowest BCUT2D eigenvalue weighted by Crippen LogP contribution is -2.11. The average Bonchev–Trinajstić information content (AvgIpc) is 2.62. The van der Waals surface area contributed by atoms with Gasteiger partial charge in [0.15, 0.2) is 11.6 Å². The van der Waals surface area contributed by atoms with Crippen LogP contribution < -0.4 is 5.73 Å². The molecule has 0 aliphatic heterocycles. The van der Waals surface area contributed by atoms with Gasteiger partial charge in [0.2, 0.25) is 0 Å². The first-order valence-corrected chi connectivity index (χ1v) is 5.22. The zero-order chi connectivity index (χ0) is 11.7. The number of rotatable bonds is 3. The molecule has 0 fully saturated rings. The summed E-state index contributed by atoms with van der Waals surface area (Å²) in [5, 5.41) is 0. The molecule has 86 valence electrons. The van der Waals surface area contributed by atoms with Gasteiger partial charge < -0.3 is 10.7 Å². The lowest BCUT2D eigenvalue weighted by Gasteiger charge is -2.04. The summed E-state index contributed by atoms with van der Waals surface area (Å²) in [4.78, 5) is 7.05. The van der Waals surface area contributed by atoms with E-state index in [0.29, 0.717) is 16.9 Å². The van der Waals surface area contributed by atoms with Crippen molar-refractivity contribution in [3.8, 4) is 0 Å². The van der Waals surface area contributed by atoms with Gasteiger partial charge in [-0.15, -0.1) is 0 Å². The molecular formula is C11H13F2N3. The summed E-state index contributed by atoms with van der Waals surface area (Å²) in [6.45, 7) is 2.02. The number of nitrogens with one attached hydrogen (secondary N) is 1. The van der Waals surface area contributed by atoms with Crippen LogP contribution in [0.3, 0.4) is 0 Å². The SMILES string of the molecule is CCCC(N)c1nc2cc(F)c(F)cc2[nH]1. The number of fused-ring (bicyclic) bond motifs is 1. The van der Waals surface area contributed by atoms with Crippen molar-refractivity contribution in [2.75, 3.05) is 0 Å². The van der Waals surface area contributed by atoms with Crippen molar-refractivity contribution in [1.82, 2.24) is 9.97 Å². The van der Waals surface area contributed by atoms with E-state index in [9.17, 15) is 8.78 Å². The van der Waals surface area contributed by atoms with Crippen LogP contribution >= 0.6 is 0 Å². The van der Waals surface area contributed by atoms with E-state index in [-0.39, 0.29) is 6.04 Å². The van der Waals surface area contributed by atoms with E-state index < -0.39 is 11.6 Å². The van der Waals surface area contributed by atoms with E-state index in [2.05, 4.69) is 9.97 Å². The minimum absolute atomic E-state index is 0.219. The van der Waals surface area contributed by atoms with Crippen LogP contribution in [0.15, 0.2) is 12.1 Å². The summed E-state index contributed by atoms with van der Waals surface area (Å²) < 4.78 is 25.9. The molecule has 3 nitrogen and oxygen atoms in total. The standard InChI is InChI=1S/C11H13F2N3/c1-2-3-8(14)11-15-9-4-6(12)7(13)5-10(9)16-11/h4-5,8H,2-3,14H2,1H3,(H,15,16). The second-order valence-corrected chi connectivity index (χ2v) is 3.80. The van der Waals surface area contributed by atoms with Crippen molar-refractivity contribution in [3.63, 3.8) is 0 Å². The van der Waals surface area contributed by atoms with Gasteiger partial charge in [0.05, 0.1) is 17.1 Å². The molecule has 0 bridgehead atoms. The highest BCUT2D eigenvalue weighted by molar-refractivity contribution is 5.75. The fourth-order valence-electron chi connectivity index (χ4n) is 1.65. The van der Waals surface area contributed by atoms with Gasteiger partial charge >= 0.3 is 0 Å². The van der Waals surface area contributed by atoms with Gasteiger partial charge in [0, 0.05) is 12.1 Å². The molecule has 1 aromatic carbocycles. The van der Waals surface area contributed by atoms with E-state index in [0.717, 1.165) is 25.0 Å². The Morgan fingerprint density at radius 3 is 2.75 bits per heavy atom. The summed E-state index contributed by atoms with van der Waals surface area (Å²) in [5.41, 5.74) is 6.74. The number of nitrogens with zero attached hydrogens (tertiary/aromatic N) is 1. The molecule has 0 saturated carbocycles. The third-order valence-electron chi connectivity index (χ3n) is 2.49. The zero-order valence-electron chi connectivity index (χ0n) is 8.93. The Bertz CT molecular complexity index is 468. The largest absolute Gasteiger partial charge is 0.341 e. The van der Waals surface area contributed by atoms with Crippen LogP contribution in [0.4, 0.5) is 8.78 Å². The van der Waals surface area contributed by atoms with Crippen LogP contribution in [-0.2, 0) is 0 Å². The van der Waals surface area contributed by atoms with Gasteiger partial charge in [-0.2, -0.15) is 0 Å². The van der Waals surface area contributed by atoms with Crippen molar-refractivity contribution in [3.05, 3.63) is 29.6 Å². The van der Waals surface area contributed by atoms with Crippen molar-refractivity contribution >= 4 is 11.0 Å². The van der Waals surface area contributed by atoms with Crippen LogP contribution in [0, 0.1) is 11.6 Å². The van der Waals surface area contributed by atoms with Crippen molar-refractivity contribution in [2.45, 2.75) is 25.8 Å². The number of H-pyrrole nitrogens is 1. The number of imidazole rings is 1. The Kier molecular flexibility index (Phi) is 2.87. The molecule has 0 saturated heterocycles. The van der Waals surface area contributed by atoms with Crippen molar-refractivity contribution in [2.24, 2.45) is 5.73 Å². The number of aromatic amines is 1. The highest BCUT2D eigenvalue weighted by atomic mass is 19.2. The third-order valence-corrected chi connectivity index (χ3v) is 2.49. The number of benzene rings is 1. The Morgan fingerprint density at radius 2 is 2.06 bits per heavy atom. The molecule has 0 amide bonds. The van der Waals surface area contributed by atoms with E-state index >= 15 is 0 Å². The smallest absolute Gasteiger partial charge is 0.161 e. The number of aromatic nitrogens is 2. The molecule has 5 heteroatoms. The molecule has 16 heavy (non-hydrogen) atoms. The number of halogens is 2. The molecule has 2 aromatic rings. The second-order valence-electron chi connectivity index (χ2n) is 3.80. The number of nitrogens with two attached hydrogens (primary N) is 1. The quantitative estimate of drug-likeness (QED) is 0.843. The minimum Gasteiger partial charge on any atom is -0.341 e. The van der Waals surface area contributed by atoms with E-state index in [1.54, 1.807) is 0 Å². The number of hydrogen-bond acceptors (Lipinski definition) is 2. The predicted molar refractivity (Wildman–Crippen MR) is 57.8 cm³/mol. The van der Waals surface area contributed by atoms with Crippen molar-refractivity contribution in [1.29, 1.82) is 0 Å². The fraction of sp³-hybridized carbons (Fsp3) is 0.364. The van der Waals surface area contributed by atoms with Crippen LogP contribution in [0.2, 0.25) is 0 Å². The predicted octanol–water partition coefficient (Wildman–Crippen LogP) is 2.64. The van der Waals surface area contributed by atoms with Gasteiger partial charge in [0.1, 0.15) is 5.82 Å². The minimum atomic E-state index is -0.894. The highest BCUT2D eigenvalue weighted by Gasteiger charge is 2.12. The fourth-order valence-corrected chi connectivity index (χ4v) is 1.65. The Morgan fingerprint density at radius 1 is 1.38 bits per heavy atom. The molecule has 0 aliphatic rings. The summed E-state index contributed by atoms with van der Waals surface area (Å²) in [6.07, 6.45) is 1.71. The summed E-state index contributed by atoms with van der Waals surface area (Å²) >= 11 is 0. The van der Waals surface area contributed by atoms with E-state index in [1.807, 2.05) is 6.92 Å². The normalized spacial score (nSPS) is 13.2. The zero-order valence-corrected chi connectivity index (χ0v) is 8.93. The first kappa shape index (κ1) is 11.0. The molecule has 1 heterocycles. The topological polar surface area (TPSA) is 54.7 Å². The summed E-state index contributed by atoms with van der Waals surface area (Å²) in [7, 11) is 0. The molecule has 0 spiro atoms. The van der Waals surface area contributed by atoms with Gasteiger partial charge in [-0.05, 0) is 6.42 Å². The van der Waals surface area contributed by atoms with Crippen LogP contribution in [0.5, 0.6) is 0 Å². The van der Waals surface area contributed by atoms with E-state index in [1.165, 1.54) is 0 Å². The molecular weight excluding hydrogens is 212 g/mol. The first-order chi connectivity index (χ1) is 7.61. The summed E-state index contributed by atoms with van der Waals surface area (Å²) in [6, 6.07) is 1.95. The third kappa shape index (κ3) is 1.90. The second kappa shape index (κ2) is 4.17. The van der Waals surface area contributed by atoms with E-state index in [4.69, 9.17) is 5.73 Å². The Balaban J connectivity index is 2.43. The maximum atomic E-state index is 13.0. The molecule has 2 rings (SSSR count). The van der Waals surface area contributed by atoms with Gasteiger partial charge in [-0.25, -0.2) is 13.8 Å². The molecule has 0 radical (unpaired) electrons. The maximum Gasteiger partial charge on any atom is 0.161 e. The van der Waals surface area contributed by atoms with Gasteiger partial charge in [-0.1, -0.05) is 13.3 Å². The highest BCUT2D eigenvalue weighted by Crippen LogP contribution is 2.20. The van der Waals surface area contributed by atoms with Crippen LogP contribution in [0.25, 0.3) is 11.0 Å². The lowest BCUT2D eigenvalue weighted by atomic mass is 10.2. The number of hydrogen-bond donors (Lipinski definition) is 2.